The van der Waals surface area contributed by atoms with Crippen molar-refractivity contribution in [2.45, 2.75) is 133 Å². The second-order valence-electron chi connectivity index (χ2n) is 13.6. The molecule has 0 bridgehead atoms. The third-order valence-corrected chi connectivity index (χ3v) is 13.6. The van der Waals surface area contributed by atoms with Gasteiger partial charge in [-0.3, -0.25) is 0 Å². The van der Waals surface area contributed by atoms with Crippen LogP contribution in [0, 0.1) is 17.8 Å². The van der Waals surface area contributed by atoms with Crippen LogP contribution in [-0.4, -0.2) is 43.4 Å². The Balaban J connectivity index is 1.56. The molecule has 3 N–H and O–H groups in total. The summed E-state index contributed by atoms with van der Waals surface area (Å²) in [6, 6.07) is 4.41. The topological polar surface area (TPSA) is 139 Å². The van der Waals surface area contributed by atoms with Crippen molar-refractivity contribution in [3.8, 4) is 0 Å². The molecule has 12 heteroatoms. The molecule has 0 atom stereocenters. The van der Waals surface area contributed by atoms with Gasteiger partial charge in [-0.1, -0.05) is 39.0 Å². The fourth-order valence-electron chi connectivity index (χ4n) is 6.76. The van der Waals surface area contributed by atoms with E-state index in [1.807, 2.05) is 0 Å². The van der Waals surface area contributed by atoms with Crippen molar-refractivity contribution < 1.29 is 25.3 Å². The van der Waals surface area contributed by atoms with Gasteiger partial charge in [0.25, 0.3) is 0 Å². The molecule has 1 aromatic carbocycles. The van der Waals surface area contributed by atoms with Gasteiger partial charge in [0.2, 0.25) is 30.1 Å². The minimum atomic E-state index is -3.86. The van der Waals surface area contributed by atoms with Crippen LogP contribution in [0.3, 0.4) is 0 Å². The van der Waals surface area contributed by atoms with Crippen LogP contribution >= 0.6 is 0 Å². The first-order chi connectivity index (χ1) is 19.7. The minimum Gasteiger partial charge on any atom is -0.212 e. The first kappa shape index (κ1) is 33.8. The maximum absolute atomic E-state index is 13.4. The Morgan fingerprint density at radius 1 is 0.500 bits per heavy atom. The number of nitrogens with one attached hydrogen (secondary N) is 3. The smallest absolute Gasteiger partial charge is 0.212 e. The normalized spacial score (nSPS) is 29.8. The Labute approximate surface area is 254 Å². The van der Waals surface area contributed by atoms with Gasteiger partial charge in [0.05, 0.1) is 17.3 Å². The average molecular weight is 646 g/mol. The fraction of sp³-hybridized carbons (Fsp3) is 0.800. The summed E-state index contributed by atoms with van der Waals surface area (Å²) in [6.45, 7) is 6.50. The Morgan fingerprint density at radius 3 is 1.10 bits per heavy atom. The van der Waals surface area contributed by atoms with Gasteiger partial charge in [0, 0.05) is 18.1 Å². The highest BCUT2D eigenvalue weighted by Gasteiger charge is 2.29. The predicted molar refractivity (Wildman–Crippen MR) is 168 cm³/mol. The van der Waals surface area contributed by atoms with Crippen molar-refractivity contribution >= 4 is 30.1 Å². The van der Waals surface area contributed by atoms with Gasteiger partial charge in [-0.2, -0.15) is 0 Å². The lowest BCUT2D eigenvalue weighted by Crippen LogP contribution is -2.39. The number of sulfonamides is 3. The van der Waals surface area contributed by atoms with Crippen molar-refractivity contribution in [3.05, 3.63) is 34.9 Å². The molecule has 42 heavy (non-hydrogen) atoms. The zero-order chi connectivity index (χ0) is 30.5. The monoisotopic (exact) mass is 645 g/mol. The van der Waals surface area contributed by atoms with Gasteiger partial charge in [0.15, 0.2) is 0 Å². The second kappa shape index (κ2) is 14.4. The quantitative estimate of drug-likeness (QED) is 0.302. The number of benzene rings is 1. The summed E-state index contributed by atoms with van der Waals surface area (Å²) in [7, 11) is -11.4. The molecule has 0 amide bonds. The van der Waals surface area contributed by atoms with E-state index in [2.05, 4.69) is 34.9 Å². The molecule has 9 nitrogen and oxygen atoms in total. The van der Waals surface area contributed by atoms with Crippen LogP contribution in [0.4, 0.5) is 0 Å². The lowest BCUT2D eigenvalue weighted by molar-refractivity contribution is 0.332. The van der Waals surface area contributed by atoms with Gasteiger partial charge >= 0.3 is 0 Å². The Morgan fingerprint density at radius 2 is 0.786 bits per heavy atom. The Kier molecular flexibility index (Phi) is 11.6. The molecular weight excluding hydrogens is 595 g/mol. The molecule has 4 rings (SSSR count). The summed E-state index contributed by atoms with van der Waals surface area (Å²) in [6.07, 6.45) is 10.3. The molecule has 0 unspecified atom stereocenters. The van der Waals surface area contributed by atoms with Crippen LogP contribution in [0.5, 0.6) is 0 Å². The maximum atomic E-state index is 13.4. The largest absolute Gasteiger partial charge is 0.216 e. The zero-order valence-electron chi connectivity index (χ0n) is 25.5. The highest BCUT2D eigenvalue weighted by Crippen LogP contribution is 2.28. The molecule has 3 aliphatic rings. The number of rotatable bonds is 12. The van der Waals surface area contributed by atoms with Crippen LogP contribution in [0.25, 0.3) is 0 Å². The van der Waals surface area contributed by atoms with Crippen LogP contribution in [0.1, 0.15) is 115 Å². The van der Waals surface area contributed by atoms with Gasteiger partial charge in [-0.25, -0.2) is 39.4 Å². The summed E-state index contributed by atoms with van der Waals surface area (Å²) in [5, 5.41) is 0. The summed E-state index contributed by atoms with van der Waals surface area (Å²) >= 11 is 0. The van der Waals surface area contributed by atoms with E-state index in [1.165, 1.54) is 0 Å². The van der Waals surface area contributed by atoms with Crippen molar-refractivity contribution in [2.24, 2.45) is 17.8 Å². The van der Waals surface area contributed by atoms with Gasteiger partial charge < -0.3 is 0 Å². The molecule has 0 aromatic heterocycles. The van der Waals surface area contributed by atoms with Crippen LogP contribution < -0.4 is 14.2 Å². The minimum absolute atomic E-state index is 0.139. The molecule has 3 aliphatic carbocycles. The first-order valence-electron chi connectivity index (χ1n) is 15.8. The van der Waals surface area contributed by atoms with Crippen molar-refractivity contribution in [2.75, 3.05) is 0 Å². The van der Waals surface area contributed by atoms with E-state index in [0.717, 1.165) is 77.0 Å². The average Bonchev–Trinajstić information content (AvgIpc) is 2.89. The first-order valence-corrected chi connectivity index (χ1v) is 20.7. The van der Waals surface area contributed by atoms with Gasteiger partial charge in [-0.05, 0) is 111 Å². The van der Waals surface area contributed by atoms with Crippen molar-refractivity contribution in [3.63, 3.8) is 0 Å². The molecule has 3 fully saturated rings. The Hall–Kier alpha value is -1.05. The van der Waals surface area contributed by atoms with E-state index in [9.17, 15) is 25.3 Å². The summed E-state index contributed by atoms with van der Waals surface area (Å²) in [5.74, 6) is 0.461. The number of hydrogen-bond acceptors (Lipinski definition) is 6. The molecule has 0 radical (unpaired) electrons. The lowest BCUT2D eigenvalue weighted by atomic mass is 9.88. The molecule has 1 aromatic rings. The van der Waals surface area contributed by atoms with Crippen LogP contribution in [0.2, 0.25) is 0 Å². The van der Waals surface area contributed by atoms with E-state index >= 15 is 0 Å². The van der Waals surface area contributed by atoms with E-state index in [0.29, 0.717) is 28.9 Å². The molecule has 0 aliphatic heterocycles. The third kappa shape index (κ3) is 10.5. The lowest BCUT2D eigenvalue weighted by Gasteiger charge is -2.28. The van der Waals surface area contributed by atoms with Crippen LogP contribution in [-0.2, 0) is 47.3 Å². The molecule has 0 heterocycles. The van der Waals surface area contributed by atoms with E-state index in [1.54, 1.807) is 18.2 Å². The van der Waals surface area contributed by atoms with Gasteiger partial charge in [0.1, 0.15) is 0 Å². The summed E-state index contributed by atoms with van der Waals surface area (Å²) in [5.41, 5.74) is 0.918. The Bertz CT molecular complexity index is 1280. The maximum Gasteiger partial charge on any atom is 0.216 e. The van der Waals surface area contributed by atoms with Gasteiger partial charge in [-0.15, -0.1) is 0 Å². The highest BCUT2D eigenvalue weighted by atomic mass is 32.2. The molecule has 0 saturated heterocycles. The van der Waals surface area contributed by atoms with E-state index < -0.39 is 47.3 Å². The predicted octanol–water partition coefficient (Wildman–Crippen LogP) is 4.68. The molecule has 0 spiro atoms. The van der Waals surface area contributed by atoms with E-state index in [4.69, 9.17) is 0 Å². The zero-order valence-corrected chi connectivity index (χ0v) is 27.9. The van der Waals surface area contributed by atoms with E-state index in [-0.39, 0.29) is 23.7 Å². The molecule has 240 valence electrons. The number of hydrogen-bond donors (Lipinski definition) is 3. The standard InChI is InChI=1S/C30H51N3O6S3/c1-22-7-13-27(14-8-22)31-40(34,35)19-25-5-4-6-26(20-41(36,37)32-28-15-9-23(2)10-16-28)30(25)21-42(38,39)33-29-17-11-24(3)12-18-29/h4-6,22-24,27-29,31-33H,7-21H2,1-3H3. The summed E-state index contributed by atoms with van der Waals surface area (Å²) < 4.78 is 88.5. The second-order valence-corrected chi connectivity index (χ2v) is 18.8. The highest BCUT2D eigenvalue weighted by molar-refractivity contribution is 7.89. The van der Waals surface area contributed by atoms with Crippen LogP contribution in [0.15, 0.2) is 18.2 Å². The van der Waals surface area contributed by atoms with Crippen molar-refractivity contribution in [1.29, 1.82) is 0 Å². The van der Waals surface area contributed by atoms with Crippen molar-refractivity contribution in [1.82, 2.24) is 14.2 Å². The molecule has 3 saturated carbocycles. The third-order valence-electron chi connectivity index (χ3n) is 9.48. The molecular formula is C30H51N3O6S3. The summed E-state index contributed by atoms with van der Waals surface area (Å²) in [4.78, 5) is 0. The fourth-order valence-corrected chi connectivity index (χ4v) is 11.4. The SMILES string of the molecule is CC1CCC(NS(=O)(=O)Cc2cccc(CS(=O)(=O)NC3CCC(C)CC3)c2CS(=O)(=O)NC2CCC(C)CC2)CC1.